The number of anilines is 2. The van der Waals surface area contributed by atoms with Gasteiger partial charge in [-0.1, -0.05) is 12.2 Å². The number of fused-ring (bicyclic) bond motifs is 4. The highest BCUT2D eigenvalue weighted by molar-refractivity contribution is 8.44. The monoisotopic (exact) mass is 690 g/mol. The molecule has 45 heavy (non-hydrogen) atoms. The van der Waals surface area contributed by atoms with Crippen LogP contribution in [0.3, 0.4) is 0 Å². The van der Waals surface area contributed by atoms with E-state index < -0.39 is 82.3 Å². The summed E-state index contributed by atoms with van der Waals surface area (Å²) < 4.78 is 94.8. The van der Waals surface area contributed by atoms with Crippen LogP contribution in [-0.4, -0.2) is 96.6 Å². The topological polar surface area (TPSA) is 249 Å². The van der Waals surface area contributed by atoms with Crippen LogP contribution in [0.25, 0.3) is 22.3 Å². The Bertz CT molecular complexity index is 1950. The normalized spacial score (nSPS) is 37.7. The minimum Gasteiger partial charge on any atom is -0.382 e. The predicted molar refractivity (Wildman–Crippen MR) is 154 cm³/mol. The van der Waals surface area contributed by atoms with Gasteiger partial charge >= 0.3 is 6.80 Å². The molecule has 25 heteroatoms. The van der Waals surface area contributed by atoms with Gasteiger partial charge in [-0.2, -0.15) is 4.98 Å². The Kier molecular flexibility index (Phi) is 7.53. The summed E-state index contributed by atoms with van der Waals surface area (Å²) in [6.45, 7) is -5.70. The van der Waals surface area contributed by atoms with E-state index in [1.165, 1.54) is 10.9 Å². The summed E-state index contributed by atoms with van der Waals surface area (Å²) in [6, 6.07) is 0. The van der Waals surface area contributed by atoms with Crippen molar-refractivity contribution in [3.05, 3.63) is 29.3 Å². The molecule has 0 saturated carbocycles. The lowest BCUT2D eigenvalue weighted by atomic mass is 10.1. The zero-order valence-corrected chi connectivity index (χ0v) is 25.5. The van der Waals surface area contributed by atoms with Gasteiger partial charge in [0.05, 0.1) is 25.9 Å². The number of alkyl halides is 2. The fraction of sp³-hybridized carbons (Fsp3) is 0.500. The lowest BCUT2D eigenvalue weighted by Crippen LogP contribution is -2.37. The molecule has 3 fully saturated rings. The molecule has 10 atom stereocenters. The van der Waals surface area contributed by atoms with E-state index in [9.17, 15) is 13.9 Å². The van der Waals surface area contributed by atoms with Gasteiger partial charge in [0.25, 0.3) is 20.6 Å². The van der Waals surface area contributed by atoms with Gasteiger partial charge in [0, 0.05) is 0 Å². The van der Waals surface area contributed by atoms with Crippen LogP contribution in [0.2, 0.25) is 0 Å². The fourth-order valence-electron chi connectivity index (χ4n) is 5.35. The molecule has 3 aliphatic rings. The second-order valence-corrected chi connectivity index (χ2v) is 15.2. The summed E-state index contributed by atoms with van der Waals surface area (Å²) in [5, 5.41) is 0. The average molecular weight is 690 g/mol. The molecule has 4 unspecified atom stereocenters. The van der Waals surface area contributed by atoms with Crippen LogP contribution in [0.15, 0.2) is 23.8 Å². The van der Waals surface area contributed by atoms with Crippen molar-refractivity contribution < 1.29 is 45.5 Å². The first-order valence-corrected chi connectivity index (χ1v) is 17.8. The van der Waals surface area contributed by atoms with Crippen LogP contribution in [0.4, 0.5) is 20.5 Å². The Balaban J connectivity index is 1.17. The maximum atomic E-state index is 16.0. The van der Waals surface area contributed by atoms with Gasteiger partial charge in [-0.15, -0.1) is 0 Å². The molecule has 0 aromatic carbocycles. The zero-order chi connectivity index (χ0) is 31.8. The van der Waals surface area contributed by atoms with Crippen LogP contribution in [0, 0.1) is 0 Å². The van der Waals surface area contributed by atoms with E-state index in [2.05, 4.69) is 42.2 Å². The Labute approximate surface area is 255 Å². The van der Waals surface area contributed by atoms with E-state index in [-0.39, 0.29) is 34.1 Å². The third-order valence-electron chi connectivity index (χ3n) is 7.36. The third-order valence-corrected chi connectivity index (χ3v) is 10.2. The number of aromatic amines is 1. The molecular formula is C20H23BF2N10O9P2S. The molecule has 240 valence electrons. The molecule has 0 amide bonds. The molecule has 5 N–H and O–H groups in total. The van der Waals surface area contributed by atoms with Crippen LogP contribution >= 0.6 is 26.5 Å². The summed E-state index contributed by atoms with van der Waals surface area (Å²) in [5.41, 5.74) is 10.9. The number of hydrogen-bond acceptors (Lipinski definition) is 16. The lowest BCUT2D eigenvalue weighted by molar-refractivity contribution is -0.0546. The van der Waals surface area contributed by atoms with Gasteiger partial charge in [-0.3, -0.25) is 32.5 Å². The smallest absolute Gasteiger partial charge is 0.382 e. The van der Waals surface area contributed by atoms with Crippen molar-refractivity contribution in [3.8, 4) is 0 Å². The summed E-state index contributed by atoms with van der Waals surface area (Å²) >= 11 is 3.98. The van der Waals surface area contributed by atoms with Crippen molar-refractivity contribution in [2.45, 2.75) is 49.2 Å². The number of hydrogen-bond donors (Lipinski definition) is 4. The van der Waals surface area contributed by atoms with E-state index in [1.807, 2.05) is 0 Å². The van der Waals surface area contributed by atoms with Crippen molar-refractivity contribution in [1.82, 2.24) is 39.0 Å². The second-order valence-electron chi connectivity index (χ2n) is 10.3. The molecule has 4 aromatic heterocycles. The zero-order valence-electron chi connectivity index (χ0n) is 22.8. The van der Waals surface area contributed by atoms with Crippen LogP contribution in [0.5, 0.6) is 0 Å². The largest absolute Gasteiger partial charge is 0.386 e. The van der Waals surface area contributed by atoms with Gasteiger partial charge in [-0.05, 0) is 0 Å². The minimum atomic E-state index is -4.42. The number of thiol groups is 1. The van der Waals surface area contributed by atoms with E-state index >= 15 is 8.78 Å². The third kappa shape index (κ3) is 5.45. The molecule has 19 nitrogen and oxygen atoms in total. The van der Waals surface area contributed by atoms with Gasteiger partial charge in [0.15, 0.2) is 47.4 Å². The first kappa shape index (κ1) is 30.6. The summed E-state index contributed by atoms with van der Waals surface area (Å²) in [4.78, 5) is 34.5. The van der Waals surface area contributed by atoms with Crippen molar-refractivity contribution >= 4 is 68.2 Å². The number of H-pyrrole nitrogens is 1. The van der Waals surface area contributed by atoms with Gasteiger partial charge in [0.1, 0.15) is 36.3 Å². The van der Waals surface area contributed by atoms with Crippen molar-refractivity contribution in [3.63, 3.8) is 0 Å². The summed E-state index contributed by atoms with van der Waals surface area (Å²) in [6.07, 6.45) is -9.53. The predicted octanol–water partition coefficient (Wildman–Crippen LogP) is 0.191. The first-order chi connectivity index (χ1) is 21.3. The highest BCUT2D eigenvalue weighted by atomic mass is 32.7. The first-order valence-electron chi connectivity index (χ1n) is 13.1. The molecule has 3 saturated heterocycles. The van der Waals surface area contributed by atoms with Gasteiger partial charge in [0.2, 0.25) is 5.95 Å². The number of halogens is 2. The molecular weight excluding hydrogens is 667 g/mol. The van der Waals surface area contributed by atoms with E-state index in [0.717, 1.165) is 24.8 Å². The molecule has 4 aromatic rings. The molecule has 0 aliphatic carbocycles. The van der Waals surface area contributed by atoms with Gasteiger partial charge < -0.3 is 30.0 Å². The molecule has 3 aliphatic heterocycles. The van der Waals surface area contributed by atoms with E-state index in [4.69, 9.17) is 39.0 Å². The SMILES string of the molecule is B[P@@]1(=O)OC[C@H]2O[C@@H](n3cnc4c(=O)[nH]c(N)nc43)C(F)C2O[P@](=O)(S)OC[C@H]2O[C@@H](n3cnc4c(N)ncnc43)C(F)C2O1. The second kappa shape index (κ2) is 11.1. The molecule has 0 spiro atoms. The Morgan fingerprint density at radius 1 is 0.911 bits per heavy atom. The number of imidazole rings is 2. The Hall–Kier alpha value is -3.01. The lowest BCUT2D eigenvalue weighted by Gasteiger charge is -2.29. The number of aromatic nitrogens is 8. The summed E-state index contributed by atoms with van der Waals surface area (Å²) in [7, 11) is -3.04. The van der Waals surface area contributed by atoms with Gasteiger partial charge in [-0.25, -0.2) is 33.3 Å². The van der Waals surface area contributed by atoms with Crippen molar-refractivity contribution in [1.29, 1.82) is 0 Å². The molecule has 0 bridgehead atoms. The standard InChI is InChI=1S/C20H23BF2N10O9P2S/c21-43(35)37-1-6-13(9(23)19(39-6)33-5-29-11-16(33)30-20(25)31-17(11)34)42-44(36,45)38-2-7-12(41-43)8(22)18(40-7)32-4-28-10-14(24)26-3-27-15(10)32/h3-9,12-13,18-19H,1-2,21H2,(H,36,45)(H2,24,26,27)(H3,25,30,31,34)/t6-,7-,8?,9?,12?,13?,18-,19-,43-,44-/m1/s1. The number of nitrogen functional groups attached to an aromatic ring is 2. The highest BCUT2D eigenvalue weighted by Crippen LogP contribution is 2.58. The maximum absolute atomic E-state index is 16.0. The van der Waals surface area contributed by atoms with Crippen LogP contribution in [0.1, 0.15) is 12.5 Å². The van der Waals surface area contributed by atoms with Crippen molar-refractivity contribution in [2.24, 2.45) is 0 Å². The number of ether oxygens (including phenoxy) is 2. The molecule has 7 rings (SSSR count). The fourth-order valence-corrected chi connectivity index (χ4v) is 8.01. The number of nitrogens with zero attached hydrogens (tertiary/aromatic N) is 7. The van der Waals surface area contributed by atoms with Crippen molar-refractivity contribution in [2.75, 3.05) is 24.7 Å². The highest BCUT2D eigenvalue weighted by Gasteiger charge is 2.54. The van der Waals surface area contributed by atoms with Crippen LogP contribution < -0.4 is 17.0 Å². The molecule has 0 radical (unpaired) electrons. The Morgan fingerprint density at radius 3 is 2.20 bits per heavy atom. The van der Waals surface area contributed by atoms with E-state index in [0.29, 0.717) is 0 Å². The summed E-state index contributed by atoms with van der Waals surface area (Å²) in [5.74, 6) is -0.208. The average Bonchev–Trinajstić information content (AvgIpc) is 3.72. The number of nitrogens with one attached hydrogen (secondary N) is 1. The van der Waals surface area contributed by atoms with Crippen LogP contribution in [-0.2, 0) is 36.7 Å². The maximum Gasteiger partial charge on any atom is 0.386 e. The minimum absolute atomic E-state index is 0.0503. The Morgan fingerprint density at radius 2 is 1.51 bits per heavy atom. The molecule has 7 heterocycles. The quantitative estimate of drug-likeness (QED) is 0.125. The van der Waals surface area contributed by atoms with E-state index in [1.54, 1.807) is 0 Å². The number of rotatable bonds is 2. The number of nitrogens with two attached hydrogens (primary N) is 2.